The van der Waals surface area contributed by atoms with E-state index in [-0.39, 0.29) is 6.04 Å². The lowest BCUT2D eigenvalue weighted by molar-refractivity contribution is -0.0897. The van der Waals surface area contributed by atoms with E-state index >= 15 is 0 Å². The molecule has 17 heavy (non-hydrogen) atoms. The second kappa shape index (κ2) is 5.76. The molecule has 0 radical (unpaired) electrons. The predicted octanol–water partition coefficient (Wildman–Crippen LogP) is 2.12. The number of nitriles is 1. The molecule has 1 aromatic rings. The Morgan fingerprint density at radius 1 is 1.53 bits per heavy atom. The molecule has 0 bridgehead atoms. The molecular weight excluding hydrogens is 219 g/mol. The largest absolute Gasteiger partial charge is 0.347 e. The summed E-state index contributed by atoms with van der Waals surface area (Å²) < 4.78 is 18.3. The molecule has 0 saturated carbocycles. The number of ether oxygens (including phenoxy) is 1. The van der Waals surface area contributed by atoms with Crippen molar-refractivity contribution in [2.75, 3.05) is 6.61 Å². The summed E-state index contributed by atoms with van der Waals surface area (Å²) in [7, 11) is 0. The molecule has 0 aromatic heterocycles. The molecule has 1 saturated heterocycles. The number of nitrogens with zero attached hydrogens (tertiary/aromatic N) is 1. The highest BCUT2D eigenvalue weighted by atomic mass is 19.1. The molecule has 4 heteroatoms. The molecule has 2 atom stereocenters. The average molecular weight is 234 g/mol. The van der Waals surface area contributed by atoms with Crippen molar-refractivity contribution in [2.24, 2.45) is 0 Å². The van der Waals surface area contributed by atoms with Crippen LogP contribution in [0.15, 0.2) is 24.3 Å². The van der Waals surface area contributed by atoms with Gasteiger partial charge in [-0.15, -0.1) is 0 Å². The summed E-state index contributed by atoms with van der Waals surface area (Å²) in [4.78, 5) is 0. The van der Waals surface area contributed by atoms with Crippen molar-refractivity contribution in [3.8, 4) is 6.07 Å². The molecular formula is C13H15FN2O. The van der Waals surface area contributed by atoms with Gasteiger partial charge >= 0.3 is 0 Å². The number of hydrogen-bond acceptors (Lipinski definition) is 3. The van der Waals surface area contributed by atoms with Crippen molar-refractivity contribution >= 4 is 0 Å². The van der Waals surface area contributed by atoms with Gasteiger partial charge in [-0.1, -0.05) is 12.1 Å². The smallest absolute Gasteiger partial charge is 0.214 e. The van der Waals surface area contributed by atoms with E-state index in [4.69, 9.17) is 10.00 Å². The van der Waals surface area contributed by atoms with Gasteiger partial charge in [0, 0.05) is 6.54 Å². The summed E-state index contributed by atoms with van der Waals surface area (Å²) in [5, 5.41) is 11.9. The molecule has 0 aliphatic carbocycles. The van der Waals surface area contributed by atoms with Crippen molar-refractivity contribution < 1.29 is 9.13 Å². The van der Waals surface area contributed by atoms with Gasteiger partial charge in [-0.2, -0.15) is 5.26 Å². The second-order valence-corrected chi connectivity index (χ2v) is 4.16. The molecule has 1 aromatic carbocycles. The fourth-order valence-corrected chi connectivity index (χ4v) is 1.94. The van der Waals surface area contributed by atoms with E-state index in [1.807, 2.05) is 18.2 Å². The molecule has 1 aliphatic heterocycles. The Morgan fingerprint density at radius 2 is 2.41 bits per heavy atom. The number of halogens is 1. The summed E-state index contributed by atoms with van der Waals surface area (Å²) >= 11 is 0. The van der Waals surface area contributed by atoms with Gasteiger partial charge in [-0.05, 0) is 30.5 Å². The zero-order valence-corrected chi connectivity index (χ0v) is 9.53. The Labute approximate surface area is 100 Å². The Bertz CT molecular complexity index is 416. The van der Waals surface area contributed by atoms with Crippen LogP contribution in [0.4, 0.5) is 4.39 Å². The lowest BCUT2D eigenvalue weighted by Gasteiger charge is -2.27. The topological polar surface area (TPSA) is 45.0 Å². The summed E-state index contributed by atoms with van der Waals surface area (Å²) in [6.45, 7) is 1.06. The number of benzene rings is 1. The zero-order valence-electron chi connectivity index (χ0n) is 9.53. The third-order valence-electron chi connectivity index (χ3n) is 2.88. The van der Waals surface area contributed by atoms with Crippen LogP contribution in [-0.4, -0.2) is 19.0 Å². The summed E-state index contributed by atoms with van der Waals surface area (Å²) in [5.74, 6) is 0. The first-order valence-corrected chi connectivity index (χ1v) is 5.77. The number of hydrogen-bond donors (Lipinski definition) is 1. The molecule has 3 nitrogen and oxygen atoms in total. The van der Waals surface area contributed by atoms with Gasteiger partial charge < -0.3 is 10.1 Å². The quantitative estimate of drug-likeness (QED) is 0.871. The first kappa shape index (κ1) is 12.0. The van der Waals surface area contributed by atoms with Crippen LogP contribution in [0.3, 0.4) is 0 Å². The maximum Gasteiger partial charge on any atom is 0.214 e. The average Bonchev–Trinajstić information content (AvgIpc) is 2.38. The molecule has 1 aliphatic rings. The highest BCUT2D eigenvalue weighted by Crippen LogP contribution is 2.15. The minimum Gasteiger partial charge on any atom is -0.347 e. The monoisotopic (exact) mass is 234 g/mol. The van der Waals surface area contributed by atoms with Gasteiger partial charge in [0.25, 0.3) is 0 Å². The summed E-state index contributed by atoms with van der Waals surface area (Å²) in [6.07, 6.45) is 0.456. The Morgan fingerprint density at radius 3 is 3.18 bits per heavy atom. The van der Waals surface area contributed by atoms with Crippen molar-refractivity contribution in [3.05, 3.63) is 35.4 Å². The van der Waals surface area contributed by atoms with E-state index in [0.29, 0.717) is 18.7 Å². The van der Waals surface area contributed by atoms with Crippen molar-refractivity contribution in [1.82, 2.24) is 5.32 Å². The minimum atomic E-state index is -1.22. The highest BCUT2D eigenvalue weighted by molar-refractivity contribution is 5.32. The van der Waals surface area contributed by atoms with Crippen molar-refractivity contribution in [3.63, 3.8) is 0 Å². The third kappa shape index (κ3) is 3.26. The fraction of sp³-hybridized carbons (Fsp3) is 0.462. The lowest BCUT2D eigenvalue weighted by Crippen LogP contribution is -2.41. The van der Waals surface area contributed by atoms with E-state index in [1.54, 1.807) is 6.07 Å². The molecule has 0 spiro atoms. The first-order chi connectivity index (χ1) is 8.29. The zero-order chi connectivity index (χ0) is 12.1. The van der Waals surface area contributed by atoms with Gasteiger partial charge in [0.15, 0.2) is 0 Å². The summed E-state index contributed by atoms with van der Waals surface area (Å²) in [6, 6.07) is 9.17. The molecule has 1 fully saturated rings. The van der Waals surface area contributed by atoms with E-state index in [1.165, 1.54) is 0 Å². The van der Waals surface area contributed by atoms with Crippen LogP contribution >= 0.6 is 0 Å². The van der Waals surface area contributed by atoms with Crippen LogP contribution in [0.25, 0.3) is 0 Å². The van der Waals surface area contributed by atoms with Gasteiger partial charge in [-0.3, -0.25) is 0 Å². The van der Waals surface area contributed by atoms with Crippen LogP contribution in [0.1, 0.15) is 24.0 Å². The summed E-state index contributed by atoms with van der Waals surface area (Å²) in [5.41, 5.74) is 1.61. The van der Waals surface area contributed by atoms with Gasteiger partial charge in [-0.25, -0.2) is 4.39 Å². The van der Waals surface area contributed by atoms with Gasteiger partial charge in [0.2, 0.25) is 6.36 Å². The number of rotatable bonds is 3. The van der Waals surface area contributed by atoms with Gasteiger partial charge in [0.1, 0.15) is 0 Å². The number of alkyl halides is 1. The van der Waals surface area contributed by atoms with Crippen LogP contribution in [-0.2, 0) is 11.3 Å². The van der Waals surface area contributed by atoms with Crippen molar-refractivity contribution in [2.45, 2.75) is 31.8 Å². The third-order valence-corrected chi connectivity index (χ3v) is 2.88. The molecule has 90 valence electrons. The van der Waals surface area contributed by atoms with E-state index in [0.717, 1.165) is 18.4 Å². The normalized spacial score (nSPS) is 24.2. The maximum absolute atomic E-state index is 13.4. The second-order valence-electron chi connectivity index (χ2n) is 4.16. The molecule has 2 unspecified atom stereocenters. The number of nitrogens with one attached hydrogen (secondary N) is 1. The van der Waals surface area contributed by atoms with Crippen LogP contribution in [0, 0.1) is 11.3 Å². The maximum atomic E-state index is 13.4. The van der Waals surface area contributed by atoms with Crippen LogP contribution < -0.4 is 5.32 Å². The first-order valence-electron chi connectivity index (χ1n) is 5.77. The Hall–Kier alpha value is -1.44. The van der Waals surface area contributed by atoms with E-state index < -0.39 is 6.36 Å². The van der Waals surface area contributed by atoms with Crippen LogP contribution in [0.5, 0.6) is 0 Å². The molecule has 1 heterocycles. The minimum absolute atomic E-state index is 0.241. The predicted molar refractivity (Wildman–Crippen MR) is 61.9 cm³/mol. The van der Waals surface area contributed by atoms with Gasteiger partial charge in [0.05, 0.1) is 24.3 Å². The highest BCUT2D eigenvalue weighted by Gasteiger charge is 2.24. The van der Waals surface area contributed by atoms with E-state index in [2.05, 4.69) is 11.4 Å². The Balaban J connectivity index is 1.90. The molecule has 0 amide bonds. The fourth-order valence-electron chi connectivity index (χ4n) is 1.94. The lowest BCUT2D eigenvalue weighted by atomic mass is 10.1. The van der Waals surface area contributed by atoms with Crippen molar-refractivity contribution in [1.29, 1.82) is 5.26 Å². The standard InChI is InChI=1S/C13H15FN2O/c14-13-12(5-2-6-17-13)16-9-11-4-1-3-10(7-11)8-15/h1,3-4,7,12-13,16H,2,5-6,9H2. The molecule has 2 rings (SSSR count). The SMILES string of the molecule is N#Cc1cccc(CNC2CCCOC2F)c1. The van der Waals surface area contributed by atoms with E-state index in [9.17, 15) is 4.39 Å². The Kier molecular flexibility index (Phi) is 4.08. The van der Waals surface area contributed by atoms with Crippen LogP contribution in [0.2, 0.25) is 0 Å². The molecule has 1 N–H and O–H groups in total.